The zero-order valence-corrected chi connectivity index (χ0v) is 11.1. The second-order valence-corrected chi connectivity index (χ2v) is 5.79. The second-order valence-electron chi connectivity index (χ2n) is 4.93. The van der Waals surface area contributed by atoms with Gasteiger partial charge in [-0.3, -0.25) is 0 Å². The number of benzene rings is 1. The molecule has 1 aromatic carbocycles. The molecule has 1 fully saturated rings. The van der Waals surface area contributed by atoms with Crippen LogP contribution in [0.1, 0.15) is 43.7 Å². The maximum absolute atomic E-state index is 9.85. The molecule has 1 heterocycles. The topological polar surface area (TPSA) is 33.1 Å². The van der Waals surface area contributed by atoms with E-state index in [1.165, 1.54) is 37.8 Å². The van der Waals surface area contributed by atoms with Crippen molar-refractivity contribution in [3.05, 3.63) is 35.3 Å². The summed E-state index contributed by atoms with van der Waals surface area (Å²) >= 11 is 1.64. The molecule has 0 aliphatic heterocycles. The summed E-state index contributed by atoms with van der Waals surface area (Å²) in [7, 11) is 0. The molecule has 0 radical (unpaired) electrons. The molecule has 1 aromatic heterocycles. The van der Waals surface area contributed by atoms with Crippen LogP contribution in [0.3, 0.4) is 0 Å². The van der Waals surface area contributed by atoms with Gasteiger partial charge in [0.25, 0.3) is 0 Å². The molecule has 0 unspecified atom stereocenters. The maximum Gasteiger partial charge on any atom is 0.127 e. The fourth-order valence-electron chi connectivity index (χ4n) is 2.65. The number of para-hydroxylation sites is 1. The van der Waals surface area contributed by atoms with E-state index in [-0.39, 0.29) is 0 Å². The Hall–Kier alpha value is -1.35. The van der Waals surface area contributed by atoms with Gasteiger partial charge in [0, 0.05) is 11.3 Å². The lowest BCUT2D eigenvalue weighted by Crippen LogP contribution is -2.04. The number of rotatable bonds is 2. The van der Waals surface area contributed by atoms with Gasteiger partial charge in [0.2, 0.25) is 0 Å². The molecule has 0 saturated heterocycles. The lowest BCUT2D eigenvalue weighted by molar-refractivity contribution is 0.438. The molecule has 0 amide bonds. The average Bonchev–Trinajstić information content (AvgIpc) is 2.90. The number of hydrogen-bond acceptors (Lipinski definition) is 3. The van der Waals surface area contributed by atoms with Gasteiger partial charge >= 0.3 is 0 Å². The first-order valence-electron chi connectivity index (χ1n) is 6.58. The Bertz CT molecular complexity index is 529. The molecule has 0 atom stereocenters. The fraction of sp³-hybridized carbons (Fsp3) is 0.400. The Balaban J connectivity index is 1.87. The van der Waals surface area contributed by atoms with E-state index in [1.54, 1.807) is 17.4 Å². The van der Waals surface area contributed by atoms with E-state index in [4.69, 9.17) is 4.98 Å². The van der Waals surface area contributed by atoms with Crippen LogP contribution >= 0.6 is 11.3 Å². The summed E-state index contributed by atoms with van der Waals surface area (Å²) in [5.41, 5.74) is 2.07. The number of hydrogen-bond donors (Lipinski definition) is 1. The van der Waals surface area contributed by atoms with Crippen LogP contribution in [0.25, 0.3) is 10.6 Å². The van der Waals surface area contributed by atoms with Gasteiger partial charge in [-0.1, -0.05) is 31.4 Å². The summed E-state index contributed by atoms with van der Waals surface area (Å²) in [6, 6.07) is 7.43. The van der Waals surface area contributed by atoms with E-state index in [0.29, 0.717) is 11.7 Å². The SMILES string of the molecule is Oc1ccccc1-c1nc(C2CCCCC2)cs1. The smallest absolute Gasteiger partial charge is 0.127 e. The van der Waals surface area contributed by atoms with Gasteiger partial charge in [0.1, 0.15) is 10.8 Å². The zero-order valence-electron chi connectivity index (χ0n) is 10.3. The van der Waals surface area contributed by atoms with Crippen molar-refractivity contribution in [3.63, 3.8) is 0 Å². The minimum Gasteiger partial charge on any atom is -0.507 e. The standard InChI is InChI=1S/C15H17NOS/c17-14-9-5-4-8-12(14)15-16-13(10-18-15)11-6-2-1-3-7-11/h4-5,8-11,17H,1-3,6-7H2. The lowest BCUT2D eigenvalue weighted by Gasteiger charge is -2.19. The molecule has 2 aromatic rings. The summed E-state index contributed by atoms with van der Waals surface area (Å²) in [6.07, 6.45) is 6.56. The highest BCUT2D eigenvalue weighted by Crippen LogP contribution is 2.37. The molecule has 18 heavy (non-hydrogen) atoms. The van der Waals surface area contributed by atoms with E-state index >= 15 is 0 Å². The number of aromatic hydroxyl groups is 1. The third kappa shape index (κ3) is 2.27. The van der Waals surface area contributed by atoms with Crippen LogP contribution in [0.5, 0.6) is 5.75 Å². The van der Waals surface area contributed by atoms with Crippen molar-refractivity contribution >= 4 is 11.3 Å². The minimum absolute atomic E-state index is 0.321. The Kier molecular flexibility index (Phi) is 3.33. The quantitative estimate of drug-likeness (QED) is 0.857. The van der Waals surface area contributed by atoms with Crippen molar-refractivity contribution < 1.29 is 5.11 Å². The summed E-state index contributed by atoms with van der Waals surface area (Å²) in [5, 5.41) is 13.0. The van der Waals surface area contributed by atoms with Crippen molar-refractivity contribution in [3.8, 4) is 16.3 Å². The van der Waals surface area contributed by atoms with E-state index in [9.17, 15) is 5.11 Å². The third-order valence-electron chi connectivity index (χ3n) is 3.68. The summed E-state index contributed by atoms with van der Waals surface area (Å²) < 4.78 is 0. The second kappa shape index (κ2) is 5.11. The molecule has 0 bridgehead atoms. The molecule has 1 aliphatic carbocycles. The molecule has 0 spiro atoms. The van der Waals surface area contributed by atoms with Gasteiger partial charge in [-0.25, -0.2) is 4.98 Å². The Morgan fingerprint density at radius 3 is 2.67 bits per heavy atom. The van der Waals surface area contributed by atoms with E-state index in [0.717, 1.165) is 10.6 Å². The van der Waals surface area contributed by atoms with Crippen molar-refractivity contribution in [1.82, 2.24) is 4.98 Å². The molecule has 1 saturated carbocycles. The van der Waals surface area contributed by atoms with Gasteiger partial charge in [-0.15, -0.1) is 11.3 Å². The summed E-state index contributed by atoms with van der Waals surface area (Å²) in [5.74, 6) is 0.955. The molecule has 1 aliphatic rings. The van der Waals surface area contributed by atoms with Crippen molar-refractivity contribution in [2.45, 2.75) is 38.0 Å². The minimum atomic E-state index is 0.321. The van der Waals surface area contributed by atoms with Crippen molar-refractivity contribution in [1.29, 1.82) is 0 Å². The van der Waals surface area contributed by atoms with Crippen LogP contribution in [0, 0.1) is 0 Å². The third-order valence-corrected chi connectivity index (χ3v) is 4.57. The van der Waals surface area contributed by atoms with Crippen molar-refractivity contribution in [2.75, 3.05) is 0 Å². The predicted octanol–water partition coefficient (Wildman–Crippen LogP) is 4.56. The highest BCUT2D eigenvalue weighted by Gasteiger charge is 2.19. The first-order chi connectivity index (χ1) is 8.84. The predicted molar refractivity (Wildman–Crippen MR) is 75.0 cm³/mol. The highest BCUT2D eigenvalue weighted by atomic mass is 32.1. The van der Waals surface area contributed by atoms with Crippen molar-refractivity contribution in [2.24, 2.45) is 0 Å². The van der Waals surface area contributed by atoms with Gasteiger partial charge in [-0.05, 0) is 25.0 Å². The number of nitrogens with zero attached hydrogens (tertiary/aromatic N) is 1. The van der Waals surface area contributed by atoms with E-state index < -0.39 is 0 Å². The number of phenols is 1. The molecule has 1 N–H and O–H groups in total. The fourth-order valence-corrected chi connectivity index (χ4v) is 3.59. The number of aromatic nitrogens is 1. The van der Waals surface area contributed by atoms with Crippen LogP contribution in [-0.4, -0.2) is 10.1 Å². The van der Waals surface area contributed by atoms with E-state index in [2.05, 4.69) is 5.38 Å². The Morgan fingerprint density at radius 2 is 1.89 bits per heavy atom. The maximum atomic E-state index is 9.85. The van der Waals surface area contributed by atoms with Gasteiger partial charge in [0.05, 0.1) is 11.3 Å². The van der Waals surface area contributed by atoms with Crippen LogP contribution in [0.4, 0.5) is 0 Å². The molecule has 3 rings (SSSR count). The zero-order chi connectivity index (χ0) is 12.4. The van der Waals surface area contributed by atoms with Gasteiger partial charge in [-0.2, -0.15) is 0 Å². The number of phenolic OH excluding ortho intramolecular Hbond substituents is 1. The first kappa shape index (κ1) is 11.7. The molecule has 2 nitrogen and oxygen atoms in total. The normalized spacial score (nSPS) is 16.9. The molecular formula is C15H17NOS. The van der Waals surface area contributed by atoms with Crippen LogP contribution in [-0.2, 0) is 0 Å². The molecular weight excluding hydrogens is 242 g/mol. The van der Waals surface area contributed by atoms with Crippen LogP contribution in [0.15, 0.2) is 29.6 Å². The van der Waals surface area contributed by atoms with Gasteiger partial charge in [0.15, 0.2) is 0 Å². The molecule has 94 valence electrons. The van der Waals surface area contributed by atoms with Crippen LogP contribution in [0.2, 0.25) is 0 Å². The summed E-state index contributed by atoms with van der Waals surface area (Å²) in [6.45, 7) is 0. The highest BCUT2D eigenvalue weighted by molar-refractivity contribution is 7.13. The Morgan fingerprint density at radius 1 is 1.11 bits per heavy atom. The Labute approximate surface area is 111 Å². The molecule has 3 heteroatoms. The number of thiazole rings is 1. The monoisotopic (exact) mass is 259 g/mol. The largest absolute Gasteiger partial charge is 0.507 e. The van der Waals surface area contributed by atoms with Gasteiger partial charge < -0.3 is 5.11 Å². The van der Waals surface area contributed by atoms with Crippen LogP contribution < -0.4 is 0 Å². The van der Waals surface area contributed by atoms with E-state index in [1.807, 2.05) is 18.2 Å². The first-order valence-corrected chi connectivity index (χ1v) is 7.46. The lowest BCUT2D eigenvalue weighted by atomic mass is 9.87. The summed E-state index contributed by atoms with van der Waals surface area (Å²) in [4.78, 5) is 4.72. The average molecular weight is 259 g/mol.